The van der Waals surface area contributed by atoms with Gasteiger partial charge in [0.15, 0.2) is 0 Å². The zero-order chi connectivity index (χ0) is 26.5. The fourth-order valence-corrected chi connectivity index (χ4v) is 8.79. The van der Waals surface area contributed by atoms with Crippen LogP contribution in [0.25, 0.3) is 0 Å². The van der Waals surface area contributed by atoms with Crippen molar-refractivity contribution in [1.82, 2.24) is 0 Å². The molecule has 4 aliphatic rings. The van der Waals surface area contributed by atoms with Gasteiger partial charge in [0.25, 0.3) is 0 Å². The Morgan fingerprint density at radius 2 is 1.21 bits per heavy atom. The molecular weight excluding hydrogens is 667 g/mol. The van der Waals surface area contributed by atoms with Crippen LogP contribution >= 0.6 is 28.1 Å². The molecule has 1 heterocycles. The van der Waals surface area contributed by atoms with Gasteiger partial charge >= 0.3 is 40.4 Å². The maximum atomic E-state index is 6.04. The largest absolute Gasteiger partial charge is 0.0622 e. The van der Waals surface area contributed by atoms with Crippen molar-refractivity contribution >= 4 is 45.8 Å². The van der Waals surface area contributed by atoms with Crippen molar-refractivity contribution in [2.45, 2.75) is 95.9 Å². The number of hydrogen-bond acceptors (Lipinski definition) is 2. The van der Waals surface area contributed by atoms with E-state index in [9.17, 15) is 0 Å². The number of halogens is 2. The van der Waals surface area contributed by atoms with Gasteiger partial charge in [-0.05, 0) is 94.9 Å². The Morgan fingerprint density at radius 1 is 0.789 bits per heavy atom. The molecule has 2 nitrogen and oxygen atoms in total. The van der Waals surface area contributed by atoms with Gasteiger partial charge in [-0.3, -0.25) is 0 Å². The molecule has 0 N–H and O–H groups in total. The minimum atomic E-state index is -0.194. The molecule has 1 saturated heterocycles. The Morgan fingerprint density at radius 3 is 1.58 bits per heavy atom. The zero-order valence-electron chi connectivity index (χ0n) is 22.9. The summed E-state index contributed by atoms with van der Waals surface area (Å²) in [6, 6.07) is 22.2. The van der Waals surface area contributed by atoms with Crippen molar-refractivity contribution in [1.29, 1.82) is 0 Å². The fraction of sp³-hybridized carbons (Fsp3) is 0.533. The van der Waals surface area contributed by atoms with Crippen molar-refractivity contribution in [3.63, 3.8) is 0 Å². The van der Waals surface area contributed by atoms with E-state index in [0.717, 1.165) is 5.66 Å². The molecule has 1 spiro atoms. The molecule has 3 fully saturated rings. The first kappa shape index (κ1) is 32.9. The summed E-state index contributed by atoms with van der Waals surface area (Å²) in [5.41, 5.74) is 2.43. The molecule has 2 aromatic carbocycles. The SMILES string of the molecule is CC1(C)OB(C2=CC3(CCC3)C2)OC1(C)C.[Cl][Fe][Cl].[Pd].c1ccc(P(c2ccccc2)C2CCCC2)cc1. The summed E-state index contributed by atoms with van der Waals surface area (Å²) in [6.07, 6.45) is 13.4. The van der Waals surface area contributed by atoms with Crippen molar-refractivity contribution in [2.75, 3.05) is 0 Å². The van der Waals surface area contributed by atoms with Gasteiger partial charge in [0.05, 0.1) is 11.2 Å². The van der Waals surface area contributed by atoms with Gasteiger partial charge in [-0.1, -0.05) is 86.0 Å². The summed E-state index contributed by atoms with van der Waals surface area (Å²) in [5, 5.41) is 3.09. The van der Waals surface area contributed by atoms with Gasteiger partial charge in [-0.2, -0.15) is 0 Å². The molecule has 8 heteroatoms. The molecule has 212 valence electrons. The second-order valence-corrected chi connectivity index (χ2v) is 16.1. The fourth-order valence-electron chi connectivity index (χ4n) is 5.78. The second kappa shape index (κ2) is 14.5. The summed E-state index contributed by atoms with van der Waals surface area (Å²) < 4.78 is 12.1. The molecule has 0 amide bonds. The summed E-state index contributed by atoms with van der Waals surface area (Å²) in [7, 11) is 9.29. The molecule has 38 heavy (non-hydrogen) atoms. The average Bonchev–Trinajstić information content (AvgIpc) is 3.40. The van der Waals surface area contributed by atoms with Gasteiger partial charge in [0, 0.05) is 20.4 Å². The summed E-state index contributed by atoms with van der Waals surface area (Å²) in [4.78, 5) is 0. The molecule has 2 aromatic rings. The van der Waals surface area contributed by atoms with E-state index >= 15 is 0 Å². The molecule has 0 unspecified atom stereocenters. The predicted molar refractivity (Wildman–Crippen MR) is 158 cm³/mol. The molecule has 2 saturated carbocycles. The first-order valence-corrected chi connectivity index (χ1v) is 18.0. The van der Waals surface area contributed by atoms with E-state index < -0.39 is 0 Å². The van der Waals surface area contributed by atoms with Crippen molar-refractivity contribution in [2.24, 2.45) is 5.41 Å². The van der Waals surface area contributed by atoms with Crippen LogP contribution in [-0.4, -0.2) is 24.0 Å². The van der Waals surface area contributed by atoms with Crippen molar-refractivity contribution in [3.8, 4) is 0 Å². The average molecular weight is 708 g/mol. The van der Waals surface area contributed by atoms with Crippen molar-refractivity contribution < 1.29 is 42.9 Å². The third-order valence-corrected chi connectivity index (χ3v) is 11.7. The molecule has 0 aromatic heterocycles. The summed E-state index contributed by atoms with van der Waals surface area (Å²) >= 11 is 0.194. The molecule has 0 radical (unpaired) electrons. The Kier molecular flexibility index (Phi) is 12.5. The van der Waals surface area contributed by atoms with Crippen molar-refractivity contribution in [3.05, 3.63) is 72.2 Å². The summed E-state index contributed by atoms with van der Waals surface area (Å²) in [6.45, 7) is 8.47. The Balaban J connectivity index is 0.000000188. The zero-order valence-corrected chi connectivity index (χ0v) is 27.9. The van der Waals surface area contributed by atoms with Crippen LogP contribution in [0.3, 0.4) is 0 Å². The normalized spacial score (nSPS) is 22.3. The quantitative estimate of drug-likeness (QED) is 0.234. The van der Waals surface area contributed by atoms with Crippen LogP contribution in [0.1, 0.15) is 79.1 Å². The van der Waals surface area contributed by atoms with Crippen LogP contribution in [0, 0.1) is 5.41 Å². The van der Waals surface area contributed by atoms with Crippen LogP contribution in [0.5, 0.6) is 0 Å². The molecule has 3 aliphatic carbocycles. The number of allylic oxidation sites excluding steroid dienone is 2. The van der Waals surface area contributed by atoms with Crippen LogP contribution in [-0.2, 0) is 42.9 Å². The van der Waals surface area contributed by atoms with Crippen LogP contribution in [0.4, 0.5) is 0 Å². The number of rotatable bonds is 4. The van der Waals surface area contributed by atoms with E-state index in [1.165, 1.54) is 56.8 Å². The molecule has 0 bridgehead atoms. The number of hydrogen-bond donors (Lipinski definition) is 0. The van der Waals surface area contributed by atoms with Gasteiger partial charge in [-0.15, -0.1) is 0 Å². The minimum absolute atomic E-state index is 0. The van der Waals surface area contributed by atoms with Gasteiger partial charge < -0.3 is 9.31 Å². The first-order valence-electron chi connectivity index (χ1n) is 13.5. The van der Waals surface area contributed by atoms with E-state index in [1.807, 2.05) is 0 Å². The minimum Gasteiger partial charge on any atom is -0.0622 e. The van der Waals surface area contributed by atoms with E-state index in [4.69, 9.17) is 29.5 Å². The number of benzene rings is 2. The first-order chi connectivity index (χ1) is 17.7. The maximum Gasteiger partial charge on any atom is 0 e. The van der Waals surface area contributed by atoms with E-state index in [-0.39, 0.29) is 59.8 Å². The second-order valence-electron chi connectivity index (χ2n) is 11.7. The molecular formula is C30H40BCl2FeO2PPd. The Hall–Kier alpha value is 0.357. The topological polar surface area (TPSA) is 18.5 Å². The predicted octanol–water partition coefficient (Wildman–Crippen LogP) is 8.55. The molecule has 1 aliphatic heterocycles. The van der Waals surface area contributed by atoms with E-state index in [1.54, 1.807) is 10.6 Å². The standard InChI is InChI=1S/C17H19P.C13H21BO2.2ClH.Fe.Pd/c1-3-9-15(10-4-1)18(17-13-7-8-14-17)16-11-5-2-6-12-16;1-11(2)12(3,4)16-14(15-11)10-8-13(9-10)6-5-7-13;;;;/h1-6,9-12,17H,7-8,13-14H2;8H,5-7,9H2,1-4H3;2*1H;;/q;;;;+2;/p-2. The molecule has 0 atom stereocenters. The monoisotopic (exact) mass is 706 g/mol. The van der Waals surface area contributed by atoms with Crippen LogP contribution < -0.4 is 10.6 Å². The third kappa shape index (κ3) is 7.80. The smallest absolute Gasteiger partial charge is 0 e. The van der Waals surface area contributed by atoms with Gasteiger partial charge in [0.2, 0.25) is 0 Å². The van der Waals surface area contributed by atoms with Gasteiger partial charge in [-0.25, -0.2) is 0 Å². The maximum absolute atomic E-state index is 6.04. The van der Waals surface area contributed by atoms with Crippen LogP contribution in [0.2, 0.25) is 0 Å². The van der Waals surface area contributed by atoms with E-state index in [2.05, 4.69) is 94.4 Å². The van der Waals surface area contributed by atoms with E-state index in [0.29, 0.717) is 5.41 Å². The van der Waals surface area contributed by atoms with Crippen LogP contribution in [0.15, 0.2) is 72.2 Å². The Bertz CT molecular complexity index is 976. The Labute approximate surface area is 260 Å². The molecule has 6 rings (SSSR count). The summed E-state index contributed by atoms with van der Waals surface area (Å²) in [5.74, 6) is 0. The third-order valence-electron chi connectivity index (χ3n) is 8.71. The van der Waals surface area contributed by atoms with Gasteiger partial charge in [0.1, 0.15) is 0 Å².